The van der Waals surface area contributed by atoms with E-state index in [-0.39, 0.29) is 12.5 Å². The standard InChI is InChI=1S/C16H18N2O2S/c1-12-6-7-15(18(12)3)16(20)17(2)10-13-9-14(21-11-13)5-4-8-19/h6-7,9,11,19H,8,10H2,1-3H3. The smallest absolute Gasteiger partial charge is 0.270 e. The highest BCUT2D eigenvalue weighted by Gasteiger charge is 2.16. The van der Waals surface area contributed by atoms with Gasteiger partial charge < -0.3 is 14.6 Å². The lowest BCUT2D eigenvalue weighted by Gasteiger charge is -2.17. The van der Waals surface area contributed by atoms with Crippen molar-refractivity contribution in [1.82, 2.24) is 9.47 Å². The van der Waals surface area contributed by atoms with Gasteiger partial charge in [-0.3, -0.25) is 4.79 Å². The Kier molecular flexibility index (Phi) is 4.84. The number of aromatic nitrogens is 1. The molecule has 21 heavy (non-hydrogen) atoms. The van der Waals surface area contributed by atoms with E-state index in [1.807, 2.05) is 42.1 Å². The van der Waals surface area contributed by atoms with Gasteiger partial charge in [-0.15, -0.1) is 11.3 Å². The second-order valence-corrected chi connectivity index (χ2v) is 5.77. The Morgan fingerprint density at radius 1 is 1.48 bits per heavy atom. The molecule has 5 heteroatoms. The van der Waals surface area contributed by atoms with E-state index in [1.54, 1.807) is 11.9 Å². The molecule has 0 aliphatic rings. The zero-order valence-corrected chi connectivity index (χ0v) is 13.2. The summed E-state index contributed by atoms with van der Waals surface area (Å²) in [5, 5.41) is 10.7. The number of nitrogens with zero attached hydrogens (tertiary/aromatic N) is 2. The predicted molar refractivity (Wildman–Crippen MR) is 84.2 cm³/mol. The van der Waals surface area contributed by atoms with E-state index in [2.05, 4.69) is 11.8 Å². The Balaban J connectivity index is 2.07. The molecule has 110 valence electrons. The number of hydrogen-bond donors (Lipinski definition) is 1. The quantitative estimate of drug-likeness (QED) is 0.882. The lowest BCUT2D eigenvalue weighted by atomic mass is 10.2. The molecular weight excluding hydrogens is 284 g/mol. The zero-order valence-electron chi connectivity index (χ0n) is 12.4. The summed E-state index contributed by atoms with van der Waals surface area (Å²) in [6, 6.07) is 5.74. The second-order valence-electron chi connectivity index (χ2n) is 4.86. The van der Waals surface area contributed by atoms with Crippen LogP contribution < -0.4 is 0 Å². The summed E-state index contributed by atoms with van der Waals surface area (Å²) >= 11 is 1.52. The molecule has 0 aromatic carbocycles. The third-order valence-electron chi connectivity index (χ3n) is 3.30. The first-order valence-electron chi connectivity index (χ1n) is 6.58. The summed E-state index contributed by atoms with van der Waals surface area (Å²) in [4.78, 5) is 15.0. The molecule has 2 aromatic rings. The lowest BCUT2D eigenvalue weighted by molar-refractivity contribution is 0.0775. The van der Waals surface area contributed by atoms with Gasteiger partial charge in [0.05, 0.1) is 4.88 Å². The maximum Gasteiger partial charge on any atom is 0.270 e. The summed E-state index contributed by atoms with van der Waals surface area (Å²) in [5.74, 6) is 5.49. The molecule has 0 saturated heterocycles. The van der Waals surface area contributed by atoms with Gasteiger partial charge in [-0.1, -0.05) is 11.8 Å². The summed E-state index contributed by atoms with van der Waals surface area (Å²) in [5.41, 5.74) is 2.79. The average Bonchev–Trinajstić information content (AvgIpc) is 3.04. The average molecular weight is 302 g/mol. The monoisotopic (exact) mass is 302 g/mol. The molecule has 0 spiro atoms. The molecule has 0 saturated carbocycles. The van der Waals surface area contributed by atoms with Crippen LogP contribution in [0.1, 0.15) is 26.6 Å². The Labute approximate surface area is 128 Å². The van der Waals surface area contributed by atoms with Crippen LogP contribution in [0, 0.1) is 18.8 Å². The van der Waals surface area contributed by atoms with E-state index in [4.69, 9.17) is 5.11 Å². The van der Waals surface area contributed by atoms with Crippen LogP contribution in [0.2, 0.25) is 0 Å². The molecule has 0 aliphatic heterocycles. The highest BCUT2D eigenvalue weighted by Crippen LogP contribution is 2.16. The van der Waals surface area contributed by atoms with Gasteiger partial charge in [0.1, 0.15) is 12.3 Å². The van der Waals surface area contributed by atoms with Crippen LogP contribution in [0.25, 0.3) is 0 Å². The molecule has 0 unspecified atom stereocenters. The highest BCUT2D eigenvalue weighted by atomic mass is 32.1. The number of carbonyl (C=O) groups is 1. The van der Waals surface area contributed by atoms with E-state index in [9.17, 15) is 4.79 Å². The van der Waals surface area contributed by atoms with E-state index in [0.29, 0.717) is 12.2 Å². The van der Waals surface area contributed by atoms with Crippen LogP contribution in [0.3, 0.4) is 0 Å². The van der Waals surface area contributed by atoms with Crippen molar-refractivity contribution < 1.29 is 9.90 Å². The normalized spacial score (nSPS) is 10.1. The number of aryl methyl sites for hydroxylation is 1. The summed E-state index contributed by atoms with van der Waals surface area (Å²) < 4.78 is 1.89. The molecule has 2 aromatic heterocycles. The van der Waals surface area contributed by atoms with Gasteiger partial charge in [0, 0.05) is 26.3 Å². The predicted octanol–water partition coefficient (Wildman–Crippen LogP) is 2.01. The molecule has 4 nitrogen and oxygen atoms in total. The van der Waals surface area contributed by atoms with Crippen LogP contribution in [0.4, 0.5) is 0 Å². The van der Waals surface area contributed by atoms with Crippen LogP contribution in [0.5, 0.6) is 0 Å². The molecule has 1 N–H and O–H groups in total. The van der Waals surface area contributed by atoms with Gasteiger partial charge in [0.2, 0.25) is 0 Å². The minimum Gasteiger partial charge on any atom is -0.384 e. The summed E-state index contributed by atoms with van der Waals surface area (Å²) in [6.45, 7) is 2.38. The molecule has 0 bridgehead atoms. The lowest BCUT2D eigenvalue weighted by Crippen LogP contribution is -2.27. The Morgan fingerprint density at radius 2 is 2.24 bits per heavy atom. The summed E-state index contributed by atoms with van der Waals surface area (Å²) in [6.07, 6.45) is 0. The Hall–Kier alpha value is -2.03. The van der Waals surface area contributed by atoms with Gasteiger partial charge in [-0.25, -0.2) is 0 Å². The fraction of sp³-hybridized carbons (Fsp3) is 0.312. The second kappa shape index (κ2) is 6.61. The number of carbonyl (C=O) groups excluding carboxylic acids is 1. The first-order valence-corrected chi connectivity index (χ1v) is 7.46. The number of aliphatic hydroxyl groups is 1. The third kappa shape index (κ3) is 3.54. The summed E-state index contributed by atoms with van der Waals surface area (Å²) in [7, 11) is 3.69. The van der Waals surface area contributed by atoms with E-state index < -0.39 is 0 Å². The molecular formula is C16H18N2O2S. The van der Waals surface area contributed by atoms with Crippen molar-refractivity contribution in [3.05, 3.63) is 45.4 Å². The topological polar surface area (TPSA) is 45.5 Å². The molecule has 2 heterocycles. The minimum atomic E-state index is -0.140. The van der Waals surface area contributed by atoms with Gasteiger partial charge in [0.15, 0.2) is 0 Å². The largest absolute Gasteiger partial charge is 0.384 e. The van der Waals surface area contributed by atoms with Crippen molar-refractivity contribution in [3.63, 3.8) is 0 Å². The molecule has 0 aliphatic carbocycles. The molecule has 1 amide bonds. The number of rotatable bonds is 3. The molecule has 0 radical (unpaired) electrons. The number of aliphatic hydroxyl groups excluding tert-OH is 1. The minimum absolute atomic E-state index is 0.000192. The van der Waals surface area contributed by atoms with Crippen LogP contribution >= 0.6 is 11.3 Å². The fourth-order valence-electron chi connectivity index (χ4n) is 2.02. The van der Waals surface area contributed by atoms with E-state index in [0.717, 1.165) is 16.1 Å². The molecule has 0 fully saturated rings. The number of hydrogen-bond acceptors (Lipinski definition) is 3. The first-order chi connectivity index (χ1) is 10.0. The maximum absolute atomic E-state index is 12.4. The Morgan fingerprint density at radius 3 is 2.86 bits per heavy atom. The van der Waals surface area contributed by atoms with Crippen molar-refractivity contribution in [2.45, 2.75) is 13.5 Å². The molecule has 2 rings (SSSR count). The van der Waals surface area contributed by atoms with Gasteiger partial charge in [0.25, 0.3) is 5.91 Å². The third-order valence-corrected chi connectivity index (χ3v) is 4.20. The van der Waals surface area contributed by atoms with Crippen LogP contribution in [0.15, 0.2) is 23.6 Å². The highest BCUT2D eigenvalue weighted by molar-refractivity contribution is 7.10. The number of amides is 1. The van der Waals surface area contributed by atoms with Crippen molar-refractivity contribution in [2.24, 2.45) is 7.05 Å². The maximum atomic E-state index is 12.4. The van der Waals surface area contributed by atoms with Crippen LogP contribution in [-0.4, -0.2) is 34.1 Å². The number of thiophene rings is 1. The Bertz CT molecular complexity index is 703. The van der Waals surface area contributed by atoms with Gasteiger partial charge in [-0.05, 0) is 36.1 Å². The van der Waals surface area contributed by atoms with Crippen molar-refractivity contribution in [3.8, 4) is 11.8 Å². The SMILES string of the molecule is Cc1ccc(C(=O)N(C)Cc2csc(C#CCO)c2)n1C. The van der Waals surface area contributed by atoms with Gasteiger partial charge in [-0.2, -0.15) is 0 Å². The van der Waals surface area contributed by atoms with Gasteiger partial charge >= 0.3 is 0 Å². The first kappa shape index (κ1) is 15.4. The van der Waals surface area contributed by atoms with E-state index in [1.165, 1.54) is 11.3 Å². The van der Waals surface area contributed by atoms with Crippen molar-refractivity contribution >= 4 is 17.2 Å². The molecule has 0 atom stereocenters. The van der Waals surface area contributed by atoms with Crippen molar-refractivity contribution in [2.75, 3.05) is 13.7 Å². The van der Waals surface area contributed by atoms with Crippen LogP contribution in [-0.2, 0) is 13.6 Å². The zero-order chi connectivity index (χ0) is 15.4. The van der Waals surface area contributed by atoms with E-state index >= 15 is 0 Å². The van der Waals surface area contributed by atoms with Crippen molar-refractivity contribution in [1.29, 1.82) is 0 Å². The fourth-order valence-corrected chi connectivity index (χ4v) is 2.79.